The number of anilines is 1. The molecule has 0 radical (unpaired) electrons. The van der Waals surface area contributed by atoms with Crippen LogP contribution >= 0.6 is 11.6 Å². The van der Waals surface area contributed by atoms with E-state index in [2.05, 4.69) is 4.90 Å². The number of benzene rings is 1. The van der Waals surface area contributed by atoms with Crippen LogP contribution in [0.1, 0.15) is 23.2 Å². The van der Waals surface area contributed by atoms with Crippen molar-refractivity contribution in [2.45, 2.75) is 12.8 Å². The van der Waals surface area contributed by atoms with Gasteiger partial charge >= 0.3 is 0 Å². The van der Waals surface area contributed by atoms with Crippen molar-refractivity contribution in [3.8, 4) is 5.75 Å². The van der Waals surface area contributed by atoms with Gasteiger partial charge < -0.3 is 9.64 Å². The Morgan fingerprint density at radius 3 is 3.00 bits per heavy atom. The van der Waals surface area contributed by atoms with E-state index in [1.54, 1.807) is 12.1 Å². The van der Waals surface area contributed by atoms with Crippen LogP contribution in [0.2, 0.25) is 5.02 Å². The predicted octanol–water partition coefficient (Wildman–Crippen LogP) is 2.76. The molecule has 0 atom stereocenters. The average Bonchev–Trinajstić information content (AvgIpc) is 3.11. The Kier molecular flexibility index (Phi) is 2.71. The first kappa shape index (κ1) is 10.9. The molecule has 3 nitrogen and oxygen atoms in total. The predicted molar refractivity (Wildman–Crippen MR) is 67.3 cm³/mol. The fourth-order valence-corrected chi connectivity index (χ4v) is 2.52. The first-order valence-corrected chi connectivity index (χ1v) is 6.32. The van der Waals surface area contributed by atoms with E-state index in [0.717, 1.165) is 36.7 Å². The lowest BCUT2D eigenvalue weighted by Gasteiger charge is -2.32. The highest BCUT2D eigenvalue weighted by Crippen LogP contribution is 2.40. The SMILES string of the molecule is O=Cc1cc(Cl)cc2c1N(CC1CC1)CCO2. The Labute approximate surface area is 105 Å². The first-order valence-electron chi connectivity index (χ1n) is 5.94. The molecule has 1 aliphatic carbocycles. The summed E-state index contributed by atoms with van der Waals surface area (Å²) >= 11 is 5.97. The first-order chi connectivity index (χ1) is 8.28. The second-order valence-electron chi connectivity index (χ2n) is 4.70. The van der Waals surface area contributed by atoms with Gasteiger partial charge in [-0.2, -0.15) is 0 Å². The van der Waals surface area contributed by atoms with Crippen molar-refractivity contribution in [3.63, 3.8) is 0 Å². The quantitative estimate of drug-likeness (QED) is 0.774. The molecule has 0 amide bonds. The number of halogens is 1. The summed E-state index contributed by atoms with van der Waals surface area (Å²) in [5, 5.41) is 0.555. The van der Waals surface area contributed by atoms with Crippen LogP contribution in [0, 0.1) is 5.92 Å². The molecule has 1 aliphatic heterocycles. The normalized spacial score (nSPS) is 18.5. The second kappa shape index (κ2) is 4.22. The number of nitrogens with zero attached hydrogens (tertiary/aromatic N) is 1. The van der Waals surface area contributed by atoms with E-state index in [4.69, 9.17) is 16.3 Å². The van der Waals surface area contributed by atoms with Crippen LogP contribution in [0.15, 0.2) is 12.1 Å². The van der Waals surface area contributed by atoms with E-state index in [0.29, 0.717) is 17.2 Å². The molecular weight excluding hydrogens is 238 g/mol. The van der Waals surface area contributed by atoms with Crippen LogP contribution < -0.4 is 9.64 Å². The van der Waals surface area contributed by atoms with Crippen LogP contribution in [0.3, 0.4) is 0 Å². The molecule has 0 saturated heterocycles. The minimum Gasteiger partial charge on any atom is -0.489 e. The number of hydrogen-bond donors (Lipinski definition) is 0. The fourth-order valence-electron chi connectivity index (χ4n) is 2.30. The Bertz CT molecular complexity index is 457. The average molecular weight is 252 g/mol. The molecule has 1 aromatic carbocycles. The molecule has 0 N–H and O–H groups in total. The monoisotopic (exact) mass is 251 g/mol. The van der Waals surface area contributed by atoms with Gasteiger partial charge in [0.1, 0.15) is 12.4 Å². The minimum absolute atomic E-state index is 0.555. The number of ether oxygens (including phenoxy) is 1. The lowest BCUT2D eigenvalue weighted by atomic mass is 10.1. The van der Waals surface area contributed by atoms with Gasteiger partial charge in [-0.05, 0) is 24.8 Å². The van der Waals surface area contributed by atoms with Gasteiger partial charge in [0, 0.05) is 23.2 Å². The van der Waals surface area contributed by atoms with Gasteiger partial charge in [0.2, 0.25) is 0 Å². The zero-order chi connectivity index (χ0) is 11.8. The number of carbonyl (C=O) groups is 1. The van der Waals surface area contributed by atoms with Crippen molar-refractivity contribution in [2.75, 3.05) is 24.6 Å². The van der Waals surface area contributed by atoms with Crippen molar-refractivity contribution in [3.05, 3.63) is 22.7 Å². The maximum Gasteiger partial charge on any atom is 0.152 e. The van der Waals surface area contributed by atoms with Crippen LogP contribution in [0.5, 0.6) is 5.75 Å². The topological polar surface area (TPSA) is 29.5 Å². The van der Waals surface area contributed by atoms with Crippen LogP contribution in [0.25, 0.3) is 0 Å². The molecule has 1 aromatic rings. The van der Waals surface area contributed by atoms with Crippen LogP contribution in [0.4, 0.5) is 5.69 Å². The number of rotatable bonds is 3. The molecule has 0 unspecified atom stereocenters. The van der Waals surface area contributed by atoms with E-state index >= 15 is 0 Å². The molecule has 17 heavy (non-hydrogen) atoms. The van der Waals surface area contributed by atoms with E-state index in [-0.39, 0.29) is 0 Å². The number of carbonyl (C=O) groups excluding carboxylic acids is 1. The van der Waals surface area contributed by atoms with E-state index in [1.807, 2.05) is 0 Å². The van der Waals surface area contributed by atoms with Gasteiger partial charge in [-0.1, -0.05) is 11.6 Å². The highest BCUT2D eigenvalue weighted by atomic mass is 35.5. The maximum atomic E-state index is 11.1. The summed E-state index contributed by atoms with van der Waals surface area (Å²) in [6.45, 7) is 2.54. The zero-order valence-electron chi connectivity index (χ0n) is 9.49. The summed E-state index contributed by atoms with van der Waals surface area (Å²) in [5.41, 5.74) is 1.55. The molecule has 0 bridgehead atoms. The highest BCUT2D eigenvalue weighted by molar-refractivity contribution is 6.31. The van der Waals surface area contributed by atoms with Gasteiger partial charge in [0.25, 0.3) is 0 Å². The maximum absolute atomic E-state index is 11.1. The van der Waals surface area contributed by atoms with Gasteiger partial charge in [0.05, 0.1) is 12.2 Å². The zero-order valence-corrected chi connectivity index (χ0v) is 10.2. The third kappa shape index (κ3) is 2.12. The summed E-state index contributed by atoms with van der Waals surface area (Å²) in [7, 11) is 0. The second-order valence-corrected chi connectivity index (χ2v) is 5.13. The van der Waals surface area contributed by atoms with Crippen molar-refractivity contribution >= 4 is 23.6 Å². The molecule has 2 aliphatic rings. The summed E-state index contributed by atoms with van der Waals surface area (Å²) in [6.07, 6.45) is 3.46. The standard InChI is InChI=1S/C13H14ClNO2/c14-11-5-10(8-16)13-12(6-11)17-4-3-15(13)7-9-1-2-9/h5-6,8-9H,1-4,7H2. The Morgan fingerprint density at radius 2 is 2.29 bits per heavy atom. The molecule has 4 heteroatoms. The van der Waals surface area contributed by atoms with Crippen LogP contribution in [-0.2, 0) is 0 Å². The molecule has 0 spiro atoms. The van der Waals surface area contributed by atoms with Crippen molar-refractivity contribution in [1.29, 1.82) is 0 Å². The Hall–Kier alpha value is -1.22. The Balaban J connectivity index is 2.00. The molecule has 3 rings (SSSR count). The lowest BCUT2D eigenvalue weighted by molar-refractivity contribution is 0.112. The molecular formula is C13H14ClNO2. The van der Waals surface area contributed by atoms with Crippen molar-refractivity contribution in [2.24, 2.45) is 5.92 Å². The highest BCUT2D eigenvalue weighted by Gasteiger charge is 2.29. The van der Waals surface area contributed by atoms with E-state index < -0.39 is 0 Å². The lowest BCUT2D eigenvalue weighted by Crippen LogP contribution is -2.35. The summed E-state index contributed by atoms with van der Waals surface area (Å²) in [4.78, 5) is 13.4. The summed E-state index contributed by atoms with van der Waals surface area (Å²) in [6, 6.07) is 3.50. The van der Waals surface area contributed by atoms with Crippen LogP contribution in [-0.4, -0.2) is 26.0 Å². The number of fused-ring (bicyclic) bond motifs is 1. The summed E-state index contributed by atoms with van der Waals surface area (Å²) < 4.78 is 5.59. The molecule has 1 saturated carbocycles. The third-order valence-corrected chi connectivity index (χ3v) is 3.52. The van der Waals surface area contributed by atoms with E-state index in [1.165, 1.54) is 12.8 Å². The van der Waals surface area contributed by atoms with Gasteiger partial charge in [0.15, 0.2) is 6.29 Å². The van der Waals surface area contributed by atoms with E-state index in [9.17, 15) is 4.79 Å². The van der Waals surface area contributed by atoms with Crippen molar-refractivity contribution < 1.29 is 9.53 Å². The van der Waals surface area contributed by atoms with Gasteiger partial charge in [-0.3, -0.25) is 4.79 Å². The van der Waals surface area contributed by atoms with Crippen molar-refractivity contribution in [1.82, 2.24) is 0 Å². The molecule has 1 fully saturated rings. The smallest absolute Gasteiger partial charge is 0.152 e. The number of hydrogen-bond acceptors (Lipinski definition) is 3. The minimum atomic E-state index is 0.555. The molecule has 0 aromatic heterocycles. The van der Waals surface area contributed by atoms with Gasteiger partial charge in [-0.15, -0.1) is 0 Å². The summed E-state index contributed by atoms with van der Waals surface area (Å²) in [5.74, 6) is 1.53. The number of aldehydes is 1. The molecule has 1 heterocycles. The third-order valence-electron chi connectivity index (χ3n) is 3.31. The fraction of sp³-hybridized carbons (Fsp3) is 0.462. The molecule has 90 valence electrons. The van der Waals surface area contributed by atoms with Gasteiger partial charge in [-0.25, -0.2) is 0 Å². The largest absolute Gasteiger partial charge is 0.489 e. The Morgan fingerprint density at radius 1 is 1.47 bits per heavy atom.